The van der Waals surface area contributed by atoms with Gasteiger partial charge in [0.05, 0.1) is 35.0 Å². The molecule has 33 heavy (non-hydrogen) atoms. The molecule has 0 radical (unpaired) electrons. The summed E-state index contributed by atoms with van der Waals surface area (Å²) in [5.74, 6) is 0.615. The molecule has 0 amide bonds. The van der Waals surface area contributed by atoms with Crippen LogP contribution in [0.2, 0.25) is 5.02 Å². The number of aromatic nitrogens is 2. The van der Waals surface area contributed by atoms with Gasteiger partial charge in [-0.2, -0.15) is 0 Å². The molecule has 2 aliphatic heterocycles. The van der Waals surface area contributed by atoms with Gasteiger partial charge in [-0.1, -0.05) is 66.2 Å². The Bertz CT molecular complexity index is 1310. The average Bonchev–Trinajstić information content (AvgIpc) is 3.50. The number of aliphatic hydroxyl groups excluding tert-OH is 1. The Morgan fingerprint density at radius 2 is 1.67 bits per heavy atom. The third kappa shape index (κ3) is 3.60. The maximum absolute atomic E-state index is 9.97. The van der Waals surface area contributed by atoms with E-state index < -0.39 is 6.10 Å². The zero-order valence-corrected chi connectivity index (χ0v) is 18.8. The molecule has 0 spiro atoms. The fourth-order valence-corrected chi connectivity index (χ4v) is 4.92. The summed E-state index contributed by atoms with van der Waals surface area (Å²) in [7, 11) is 0. The van der Waals surface area contributed by atoms with Crippen LogP contribution >= 0.6 is 11.6 Å². The van der Waals surface area contributed by atoms with Crippen molar-refractivity contribution in [1.29, 1.82) is 0 Å². The Hall–Kier alpha value is -2.90. The van der Waals surface area contributed by atoms with E-state index in [9.17, 15) is 5.11 Å². The van der Waals surface area contributed by atoms with Gasteiger partial charge in [0.25, 0.3) is 0 Å². The van der Waals surface area contributed by atoms with E-state index >= 15 is 0 Å². The molecule has 2 aromatic carbocycles. The van der Waals surface area contributed by atoms with Crippen LogP contribution in [0.5, 0.6) is 5.88 Å². The molecule has 7 heteroatoms. The van der Waals surface area contributed by atoms with Crippen LogP contribution in [0.1, 0.15) is 5.56 Å². The van der Waals surface area contributed by atoms with Gasteiger partial charge in [-0.05, 0) is 24.1 Å². The first-order valence-corrected chi connectivity index (χ1v) is 11.4. The smallest absolute Gasteiger partial charge is 0.196 e. The highest BCUT2D eigenvalue weighted by atomic mass is 35.5. The predicted molar refractivity (Wildman–Crippen MR) is 127 cm³/mol. The molecule has 0 saturated carbocycles. The van der Waals surface area contributed by atoms with Crippen molar-refractivity contribution in [2.75, 3.05) is 13.2 Å². The Morgan fingerprint density at radius 1 is 0.970 bits per heavy atom. The highest BCUT2D eigenvalue weighted by Gasteiger charge is 2.48. The maximum atomic E-state index is 9.97. The van der Waals surface area contributed by atoms with Gasteiger partial charge in [-0.15, -0.1) is 0 Å². The molecule has 2 saturated heterocycles. The summed E-state index contributed by atoms with van der Waals surface area (Å²) in [5, 5.41) is 10.5. The monoisotopic (exact) mass is 462 g/mol. The number of pyridine rings is 1. The minimum atomic E-state index is -0.608. The van der Waals surface area contributed by atoms with Crippen molar-refractivity contribution in [2.45, 2.75) is 31.3 Å². The number of aromatic amines is 1. The first-order chi connectivity index (χ1) is 16.1. The van der Waals surface area contributed by atoms with Gasteiger partial charge in [0.15, 0.2) is 12.0 Å². The van der Waals surface area contributed by atoms with Crippen LogP contribution in [0.15, 0.2) is 60.7 Å². The number of halogens is 1. The van der Waals surface area contributed by atoms with Crippen LogP contribution in [0.4, 0.5) is 0 Å². The lowest BCUT2D eigenvalue weighted by Gasteiger charge is -2.17. The van der Waals surface area contributed by atoms with E-state index in [-0.39, 0.29) is 24.9 Å². The Kier molecular flexibility index (Phi) is 5.11. The Morgan fingerprint density at radius 3 is 2.45 bits per heavy atom. The van der Waals surface area contributed by atoms with Crippen molar-refractivity contribution in [3.63, 3.8) is 0 Å². The molecular weight excluding hydrogens is 440 g/mol. The minimum Gasteiger partial charge on any atom is -0.470 e. The Labute approximate surface area is 196 Å². The van der Waals surface area contributed by atoms with Crippen LogP contribution in [-0.4, -0.2) is 52.7 Å². The molecule has 4 heterocycles. The van der Waals surface area contributed by atoms with Crippen LogP contribution in [-0.2, 0) is 9.47 Å². The number of H-pyrrole nitrogens is 1. The molecule has 2 aliphatic rings. The second-order valence-electron chi connectivity index (χ2n) is 8.56. The molecule has 4 aromatic rings. The molecule has 2 N–H and O–H groups in total. The number of aryl methyl sites for hydroxylation is 1. The molecule has 6 nitrogen and oxygen atoms in total. The molecule has 0 bridgehead atoms. The van der Waals surface area contributed by atoms with E-state index in [0.717, 1.165) is 33.4 Å². The molecule has 168 valence electrons. The van der Waals surface area contributed by atoms with Gasteiger partial charge in [-0.3, -0.25) is 0 Å². The summed E-state index contributed by atoms with van der Waals surface area (Å²) >= 11 is 6.62. The minimum absolute atomic E-state index is 0.268. The number of rotatable bonds is 4. The third-order valence-electron chi connectivity index (χ3n) is 6.44. The van der Waals surface area contributed by atoms with Crippen LogP contribution in [0, 0.1) is 6.92 Å². The fraction of sp³-hybridized carbons (Fsp3) is 0.269. The summed E-state index contributed by atoms with van der Waals surface area (Å²) in [5.41, 5.74) is 6.49. The van der Waals surface area contributed by atoms with Gasteiger partial charge < -0.3 is 24.3 Å². The standard InChI is InChI=1S/C26H23ClN2O4/c1-14-22-19(28-26(14)33-21-13-32-24-20(30)12-31-25(21)24)11-18(27)23(29-22)17-9-7-16(8-10-17)15-5-3-2-4-6-15/h2-11,20-21,24-25,28,30H,12-13H2,1H3/t20-,21-,24?,25?/m1/s1. The van der Waals surface area contributed by atoms with Crippen molar-refractivity contribution < 1.29 is 19.3 Å². The van der Waals surface area contributed by atoms with Gasteiger partial charge in [0, 0.05) is 11.1 Å². The SMILES string of the molecule is Cc1c(O[C@@H]2COC3C2OC[C@H]3O)[nH]c2cc(Cl)c(-c3ccc(-c4ccccc4)cc3)nc12. The van der Waals surface area contributed by atoms with E-state index in [4.69, 9.17) is 30.8 Å². The number of benzene rings is 2. The number of nitrogens with zero attached hydrogens (tertiary/aromatic N) is 1. The lowest BCUT2D eigenvalue weighted by molar-refractivity contribution is 0.00782. The second-order valence-corrected chi connectivity index (χ2v) is 8.96. The third-order valence-corrected chi connectivity index (χ3v) is 6.72. The number of hydrogen-bond donors (Lipinski definition) is 2. The van der Waals surface area contributed by atoms with E-state index in [1.54, 1.807) is 0 Å². The molecule has 0 aliphatic carbocycles. The first kappa shape index (κ1) is 20.7. The summed E-state index contributed by atoms with van der Waals surface area (Å²) in [6.45, 7) is 2.61. The first-order valence-electron chi connectivity index (χ1n) is 11.0. The lowest BCUT2D eigenvalue weighted by Crippen LogP contribution is -2.34. The Balaban J connectivity index is 1.30. The summed E-state index contributed by atoms with van der Waals surface area (Å²) in [6, 6.07) is 20.4. The quantitative estimate of drug-likeness (QED) is 0.457. The van der Waals surface area contributed by atoms with Crippen molar-refractivity contribution >= 4 is 22.6 Å². The van der Waals surface area contributed by atoms with Crippen LogP contribution < -0.4 is 4.74 Å². The van der Waals surface area contributed by atoms with Crippen molar-refractivity contribution in [3.8, 4) is 28.3 Å². The van der Waals surface area contributed by atoms with Crippen LogP contribution in [0.25, 0.3) is 33.4 Å². The molecule has 2 unspecified atom stereocenters. The van der Waals surface area contributed by atoms with Gasteiger partial charge in [-0.25, -0.2) is 4.98 Å². The molecule has 2 aromatic heterocycles. The largest absolute Gasteiger partial charge is 0.470 e. The van der Waals surface area contributed by atoms with Crippen molar-refractivity contribution in [3.05, 3.63) is 71.2 Å². The zero-order chi connectivity index (χ0) is 22.5. The molecular formula is C26H23ClN2O4. The topological polar surface area (TPSA) is 76.6 Å². The van der Waals surface area contributed by atoms with E-state index in [1.165, 1.54) is 5.56 Å². The number of hydrogen-bond acceptors (Lipinski definition) is 5. The average molecular weight is 463 g/mol. The summed E-state index contributed by atoms with van der Waals surface area (Å²) in [4.78, 5) is 8.16. The van der Waals surface area contributed by atoms with E-state index in [2.05, 4.69) is 29.2 Å². The highest BCUT2D eigenvalue weighted by molar-refractivity contribution is 6.33. The summed E-state index contributed by atoms with van der Waals surface area (Å²) < 4.78 is 17.6. The molecule has 4 atom stereocenters. The van der Waals surface area contributed by atoms with E-state index in [0.29, 0.717) is 17.5 Å². The summed E-state index contributed by atoms with van der Waals surface area (Å²) in [6.07, 6.45) is -1.51. The maximum Gasteiger partial charge on any atom is 0.196 e. The molecule has 6 rings (SSSR count). The number of nitrogens with one attached hydrogen (secondary N) is 1. The van der Waals surface area contributed by atoms with Gasteiger partial charge in [0.2, 0.25) is 0 Å². The predicted octanol–water partition coefficient (Wildman–Crippen LogP) is 4.76. The van der Waals surface area contributed by atoms with Crippen molar-refractivity contribution in [1.82, 2.24) is 9.97 Å². The highest BCUT2D eigenvalue weighted by Crippen LogP contribution is 2.36. The van der Waals surface area contributed by atoms with Gasteiger partial charge >= 0.3 is 0 Å². The zero-order valence-electron chi connectivity index (χ0n) is 18.0. The number of ether oxygens (including phenoxy) is 3. The van der Waals surface area contributed by atoms with Gasteiger partial charge in [0.1, 0.15) is 18.3 Å². The second kappa shape index (κ2) is 8.15. The van der Waals surface area contributed by atoms with Crippen LogP contribution in [0.3, 0.4) is 0 Å². The lowest BCUT2D eigenvalue weighted by atomic mass is 10.0. The fourth-order valence-electron chi connectivity index (χ4n) is 4.66. The van der Waals surface area contributed by atoms with E-state index in [1.807, 2.05) is 43.3 Å². The normalized spacial score (nSPS) is 24.3. The van der Waals surface area contributed by atoms with Crippen molar-refractivity contribution in [2.24, 2.45) is 0 Å². The molecule has 2 fully saturated rings. The number of aliphatic hydroxyl groups is 1. The number of fused-ring (bicyclic) bond motifs is 2.